The number of nitrogens with zero attached hydrogens (tertiary/aromatic N) is 5. The molecular formula is C26H36N6O5. The highest BCUT2D eigenvalue weighted by Crippen LogP contribution is 2.30. The standard InChI is InChI=1S/C26H36N6O5/c1-6-8-21(26(34)27-13-12-18(2)3)31(16-20-9-7-14-37-20)24(33)17-32-29-25(28-30-32)19-10-11-22(35-4)23(15-19)36-5/h7,9-11,14-15,18,21H,6,8,12-13,16-17H2,1-5H3,(H,27,34)/t21-/m0/s1. The Morgan fingerprint density at radius 3 is 2.57 bits per heavy atom. The zero-order valence-corrected chi connectivity index (χ0v) is 22.1. The first-order valence-corrected chi connectivity index (χ1v) is 12.5. The number of nitrogens with one attached hydrogen (secondary N) is 1. The lowest BCUT2D eigenvalue weighted by Crippen LogP contribution is -2.50. The van der Waals surface area contributed by atoms with Gasteiger partial charge in [0.15, 0.2) is 11.5 Å². The molecule has 0 spiro atoms. The van der Waals surface area contributed by atoms with Crippen LogP contribution in [0.25, 0.3) is 11.4 Å². The number of benzene rings is 1. The quantitative estimate of drug-likeness (QED) is 0.349. The van der Waals surface area contributed by atoms with Crippen molar-refractivity contribution in [3.63, 3.8) is 0 Å². The summed E-state index contributed by atoms with van der Waals surface area (Å²) in [6.45, 7) is 6.72. The number of hydrogen-bond donors (Lipinski definition) is 1. The van der Waals surface area contributed by atoms with Crippen LogP contribution in [0.2, 0.25) is 0 Å². The number of tetrazole rings is 1. The summed E-state index contributed by atoms with van der Waals surface area (Å²) < 4.78 is 16.1. The molecule has 0 radical (unpaired) electrons. The lowest BCUT2D eigenvalue weighted by molar-refractivity contribution is -0.142. The minimum absolute atomic E-state index is 0.158. The number of furan rings is 1. The Hall–Kier alpha value is -3.89. The van der Waals surface area contributed by atoms with Crippen molar-refractivity contribution in [3.8, 4) is 22.9 Å². The molecule has 0 aliphatic heterocycles. The summed E-state index contributed by atoms with van der Waals surface area (Å²) in [5.74, 6) is 2.00. The number of carbonyl (C=O) groups excluding carboxylic acids is 2. The highest BCUT2D eigenvalue weighted by molar-refractivity contribution is 5.87. The summed E-state index contributed by atoms with van der Waals surface area (Å²) in [6, 6.07) is 8.16. The van der Waals surface area contributed by atoms with E-state index < -0.39 is 6.04 Å². The molecule has 0 saturated carbocycles. The summed E-state index contributed by atoms with van der Waals surface area (Å²) in [5.41, 5.74) is 0.664. The van der Waals surface area contributed by atoms with Gasteiger partial charge in [-0.15, -0.1) is 10.2 Å². The molecule has 200 valence electrons. The lowest BCUT2D eigenvalue weighted by atomic mass is 10.1. The third kappa shape index (κ3) is 7.55. The average Bonchev–Trinajstić information content (AvgIpc) is 3.57. The summed E-state index contributed by atoms with van der Waals surface area (Å²) in [7, 11) is 3.10. The Balaban J connectivity index is 1.80. The van der Waals surface area contributed by atoms with Crippen molar-refractivity contribution in [2.24, 2.45) is 5.92 Å². The third-order valence-electron chi connectivity index (χ3n) is 5.86. The molecular weight excluding hydrogens is 476 g/mol. The number of aromatic nitrogens is 4. The summed E-state index contributed by atoms with van der Waals surface area (Å²) in [6.07, 6.45) is 3.65. The maximum Gasteiger partial charge on any atom is 0.247 e. The van der Waals surface area contributed by atoms with Crippen molar-refractivity contribution in [3.05, 3.63) is 42.4 Å². The molecule has 2 amide bonds. The smallest absolute Gasteiger partial charge is 0.247 e. The maximum atomic E-state index is 13.5. The molecule has 2 heterocycles. The van der Waals surface area contributed by atoms with Gasteiger partial charge >= 0.3 is 0 Å². The molecule has 3 aromatic rings. The number of ether oxygens (including phenoxy) is 2. The van der Waals surface area contributed by atoms with Gasteiger partial charge in [0.1, 0.15) is 18.3 Å². The third-order valence-corrected chi connectivity index (χ3v) is 5.86. The van der Waals surface area contributed by atoms with Crippen LogP contribution >= 0.6 is 0 Å². The fourth-order valence-electron chi connectivity index (χ4n) is 3.86. The first kappa shape index (κ1) is 27.7. The Morgan fingerprint density at radius 2 is 1.92 bits per heavy atom. The van der Waals surface area contributed by atoms with Gasteiger partial charge < -0.3 is 24.1 Å². The van der Waals surface area contributed by atoms with Crippen LogP contribution in [0, 0.1) is 5.92 Å². The Labute approximate surface area is 217 Å². The van der Waals surface area contributed by atoms with E-state index in [4.69, 9.17) is 13.9 Å². The van der Waals surface area contributed by atoms with Crippen LogP contribution in [0.15, 0.2) is 41.0 Å². The summed E-state index contributed by atoms with van der Waals surface area (Å²) in [4.78, 5) is 29.4. The number of hydrogen-bond acceptors (Lipinski definition) is 8. The fraction of sp³-hybridized carbons (Fsp3) is 0.500. The maximum absolute atomic E-state index is 13.5. The van der Waals surface area contributed by atoms with Gasteiger partial charge in [-0.05, 0) is 54.3 Å². The molecule has 0 saturated heterocycles. The first-order valence-electron chi connectivity index (χ1n) is 12.5. The molecule has 0 aliphatic rings. The first-order chi connectivity index (χ1) is 17.9. The molecule has 37 heavy (non-hydrogen) atoms. The molecule has 1 atom stereocenters. The fourth-order valence-corrected chi connectivity index (χ4v) is 3.86. The second-order valence-electron chi connectivity index (χ2n) is 9.09. The van der Waals surface area contributed by atoms with E-state index in [-0.39, 0.29) is 24.9 Å². The number of amides is 2. The van der Waals surface area contributed by atoms with Crippen molar-refractivity contribution >= 4 is 11.8 Å². The second kappa shape index (κ2) is 13.4. The molecule has 0 unspecified atom stereocenters. The van der Waals surface area contributed by atoms with Crippen LogP contribution in [0.3, 0.4) is 0 Å². The normalized spacial score (nSPS) is 11.8. The van der Waals surface area contributed by atoms with Crippen LogP contribution in [0.5, 0.6) is 11.5 Å². The van der Waals surface area contributed by atoms with Crippen molar-refractivity contribution in [1.29, 1.82) is 0 Å². The van der Waals surface area contributed by atoms with Crippen molar-refractivity contribution in [1.82, 2.24) is 30.4 Å². The van der Waals surface area contributed by atoms with E-state index in [1.165, 1.54) is 9.70 Å². The van der Waals surface area contributed by atoms with Crippen LogP contribution in [-0.4, -0.2) is 63.7 Å². The van der Waals surface area contributed by atoms with E-state index in [0.717, 1.165) is 12.8 Å². The molecule has 3 rings (SSSR count). The van der Waals surface area contributed by atoms with E-state index >= 15 is 0 Å². The van der Waals surface area contributed by atoms with E-state index in [1.54, 1.807) is 50.8 Å². The predicted octanol–water partition coefficient (Wildman–Crippen LogP) is 3.31. The molecule has 0 aliphatic carbocycles. The van der Waals surface area contributed by atoms with E-state index in [2.05, 4.69) is 34.6 Å². The van der Waals surface area contributed by atoms with Gasteiger partial charge in [0.2, 0.25) is 17.6 Å². The Bertz CT molecular complexity index is 1140. The van der Waals surface area contributed by atoms with Crippen molar-refractivity contribution in [2.45, 2.75) is 59.2 Å². The van der Waals surface area contributed by atoms with Gasteiger partial charge in [0, 0.05) is 12.1 Å². The van der Waals surface area contributed by atoms with Crippen LogP contribution in [-0.2, 0) is 22.7 Å². The average molecular weight is 513 g/mol. The van der Waals surface area contributed by atoms with Crippen LogP contribution in [0.4, 0.5) is 0 Å². The van der Waals surface area contributed by atoms with Crippen molar-refractivity contribution in [2.75, 3.05) is 20.8 Å². The minimum atomic E-state index is -0.649. The predicted molar refractivity (Wildman–Crippen MR) is 137 cm³/mol. The highest BCUT2D eigenvalue weighted by Gasteiger charge is 2.30. The lowest BCUT2D eigenvalue weighted by Gasteiger charge is -2.30. The van der Waals surface area contributed by atoms with Crippen LogP contribution in [0.1, 0.15) is 45.8 Å². The summed E-state index contributed by atoms with van der Waals surface area (Å²) in [5, 5.41) is 15.5. The SMILES string of the molecule is CCC[C@@H](C(=O)NCCC(C)C)N(Cc1ccco1)C(=O)Cn1nnc(-c2ccc(OC)c(OC)c2)n1. The molecule has 1 N–H and O–H groups in total. The van der Waals surface area contributed by atoms with Gasteiger partial charge in [0.05, 0.1) is 27.0 Å². The zero-order chi connectivity index (χ0) is 26.8. The van der Waals surface area contributed by atoms with Gasteiger partial charge in [-0.25, -0.2) is 0 Å². The van der Waals surface area contributed by atoms with Crippen molar-refractivity contribution < 1.29 is 23.5 Å². The number of methoxy groups -OCH3 is 2. The van der Waals surface area contributed by atoms with Gasteiger partial charge in [-0.2, -0.15) is 4.80 Å². The minimum Gasteiger partial charge on any atom is -0.493 e. The monoisotopic (exact) mass is 512 g/mol. The topological polar surface area (TPSA) is 125 Å². The highest BCUT2D eigenvalue weighted by atomic mass is 16.5. The van der Waals surface area contributed by atoms with E-state index in [0.29, 0.717) is 47.5 Å². The Kier molecular flexibility index (Phi) is 10.0. The van der Waals surface area contributed by atoms with Gasteiger partial charge in [0.25, 0.3) is 0 Å². The van der Waals surface area contributed by atoms with Gasteiger partial charge in [-0.1, -0.05) is 27.2 Å². The molecule has 0 fully saturated rings. The molecule has 11 nitrogen and oxygen atoms in total. The molecule has 0 bridgehead atoms. The van der Waals surface area contributed by atoms with Gasteiger partial charge in [-0.3, -0.25) is 9.59 Å². The van der Waals surface area contributed by atoms with E-state index in [9.17, 15) is 9.59 Å². The second-order valence-corrected chi connectivity index (χ2v) is 9.09. The van der Waals surface area contributed by atoms with Crippen LogP contribution < -0.4 is 14.8 Å². The Morgan fingerprint density at radius 1 is 1.14 bits per heavy atom. The number of rotatable bonds is 14. The zero-order valence-electron chi connectivity index (χ0n) is 22.1. The largest absolute Gasteiger partial charge is 0.493 e. The summed E-state index contributed by atoms with van der Waals surface area (Å²) >= 11 is 0. The number of carbonyl (C=O) groups is 2. The van der Waals surface area contributed by atoms with E-state index in [1.807, 2.05) is 6.92 Å². The molecule has 2 aromatic heterocycles. The molecule has 1 aromatic carbocycles. The molecule has 11 heteroatoms.